The van der Waals surface area contributed by atoms with E-state index in [2.05, 4.69) is 15.5 Å². The van der Waals surface area contributed by atoms with Crippen LogP contribution in [0.1, 0.15) is 32.6 Å². The molecule has 0 fully saturated rings. The third-order valence-corrected chi connectivity index (χ3v) is 4.90. The van der Waals surface area contributed by atoms with Crippen molar-refractivity contribution in [2.75, 3.05) is 0 Å². The lowest BCUT2D eigenvalue weighted by atomic mass is 10.2. The van der Waals surface area contributed by atoms with E-state index in [-0.39, 0.29) is 0 Å². The summed E-state index contributed by atoms with van der Waals surface area (Å²) in [6.07, 6.45) is 5.62. The van der Waals surface area contributed by atoms with Crippen LogP contribution in [-0.4, -0.2) is 24.9 Å². The van der Waals surface area contributed by atoms with E-state index in [0.29, 0.717) is 23.7 Å². The number of benzene rings is 4. The van der Waals surface area contributed by atoms with Gasteiger partial charge < -0.3 is 14.5 Å². The van der Waals surface area contributed by atoms with Gasteiger partial charge in [-0.25, -0.2) is 0 Å². The SMILES string of the molecule is O=Cc1ccc(/C=N/Oc2ccc(/C=N/Oc3ccc(/C=N/OCc4ccccc4)cc3)cc2)cc1. The molecule has 4 aromatic rings. The lowest BCUT2D eigenvalue weighted by Gasteiger charge is -2.01. The molecule has 0 aromatic heterocycles. The molecular formula is C29H23N3O4. The molecular weight excluding hydrogens is 454 g/mol. The summed E-state index contributed by atoms with van der Waals surface area (Å²) in [6, 6.07) is 31.4. The van der Waals surface area contributed by atoms with E-state index in [0.717, 1.165) is 28.5 Å². The highest BCUT2D eigenvalue weighted by atomic mass is 16.6. The van der Waals surface area contributed by atoms with E-state index in [1.165, 1.54) is 0 Å². The summed E-state index contributed by atoms with van der Waals surface area (Å²) in [5.41, 5.74) is 4.23. The molecule has 0 bridgehead atoms. The zero-order valence-corrected chi connectivity index (χ0v) is 19.3. The van der Waals surface area contributed by atoms with Crippen LogP contribution >= 0.6 is 0 Å². The smallest absolute Gasteiger partial charge is 0.158 e. The summed E-state index contributed by atoms with van der Waals surface area (Å²) in [7, 11) is 0. The molecule has 0 atom stereocenters. The van der Waals surface area contributed by atoms with Gasteiger partial charge in [-0.05, 0) is 70.8 Å². The first-order valence-electron chi connectivity index (χ1n) is 11.1. The summed E-state index contributed by atoms with van der Waals surface area (Å²) < 4.78 is 0. The second-order valence-electron chi connectivity index (χ2n) is 7.57. The third-order valence-electron chi connectivity index (χ3n) is 4.90. The van der Waals surface area contributed by atoms with Crippen LogP contribution in [0.4, 0.5) is 0 Å². The maximum atomic E-state index is 10.7. The normalized spacial score (nSPS) is 11.2. The predicted octanol–water partition coefficient (Wildman–Crippen LogP) is 5.88. The van der Waals surface area contributed by atoms with Crippen LogP contribution in [0.3, 0.4) is 0 Å². The molecule has 36 heavy (non-hydrogen) atoms. The predicted molar refractivity (Wildman–Crippen MR) is 140 cm³/mol. The lowest BCUT2D eigenvalue weighted by molar-refractivity contribution is 0.112. The van der Waals surface area contributed by atoms with Gasteiger partial charge in [0.15, 0.2) is 11.5 Å². The number of hydrogen-bond donors (Lipinski definition) is 0. The molecule has 0 aliphatic heterocycles. The standard InChI is InChI=1S/C29H23N3O4/c33-21-26-8-6-23(7-9-26)19-31-35-29-16-12-25(13-17-29)20-32-36-28-14-10-24(11-15-28)18-30-34-22-27-4-2-1-3-5-27/h1-21H,22H2/b30-18+,31-19+,32-20+. The first kappa shape index (κ1) is 24.1. The Morgan fingerprint density at radius 1 is 0.528 bits per heavy atom. The molecule has 0 aliphatic rings. The molecule has 0 spiro atoms. The second kappa shape index (κ2) is 13.0. The van der Waals surface area contributed by atoms with Crippen molar-refractivity contribution < 1.29 is 19.3 Å². The molecule has 0 saturated carbocycles. The molecule has 0 aliphatic carbocycles. The minimum absolute atomic E-state index is 0.422. The zero-order chi connectivity index (χ0) is 24.8. The number of hydrogen-bond acceptors (Lipinski definition) is 7. The highest BCUT2D eigenvalue weighted by Crippen LogP contribution is 2.14. The van der Waals surface area contributed by atoms with Crippen molar-refractivity contribution >= 4 is 24.9 Å². The van der Waals surface area contributed by atoms with Crippen molar-refractivity contribution in [2.45, 2.75) is 6.61 Å². The lowest BCUT2D eigenvalue weighted by Crippen LogP contribution is -1.90. The average Bonchev–Trinajstić information content (AvgIpc) is 2.94. The van der Waals surface area contributed by atoms with Crippen molar-refractivity contribution in [3.05, 3.63) is 131 Å². The van der Waals surface area contributed by atoms with Crippen LogP contribution in [-0.2, 0) is 11.4 Å². The Balaban J connectivity index is 1.20. The van der Waals surface area contributed by atoms with Gasteiger partial charge in [-0.3, -0.25) is 4.79 Å². The zero-order valence-electron chi connectivity index (χ0n) is 19.3. The number of carbonyl (C=O) groups is 1. The van der Waals surface area contributed by atoms with E-state index in [4.69, 9.17) is 14.5 Å². The Morgan fingerprint density at radius 3 is 1.47 bits per heavy atom. The van der Waals surface area contributed by atoms with Gasteiger partial charge in [-0.2, -0.15) is 0 Å². The van der Waals surface area contributed by atoms with E-state index in [1.54, 1.807) is 67.2 Å². The van der Waals surface area contributed by atoms with Crippen LogP contribution < -0.4 is 9.68 Å². The van der Waals surface area contributed by atoms with Crippen LogP contribution in [0.25, 0.3) is 0 Å². The van der Waals surface area contributed by atoms with Gasteiger partial charge in [0.05, 0.1) is 18.6 Å². The molecule has 0 amide bonds. The van der Waals surface area contributed by atoms with E-state index in [9.17, 15) is 4.79 Å². The van der Waals surface area contributed by atoms with Gasteiger partial charge >= 0.3 is 0 Å². The average molecular weight is 478 g/mol. The monoisotopic (exact) mass is 477 g/mol. The molecule has 7 nitrogen and oxygen atoms in total. The summed E-state index contributed by atoms with van der Waals surface area (Å²) in [5.74, 6) is 1.18. The maximum absolute atomic E-state index is 10.7. The van der Waals surface area contributed by atoms with Gasteiger partial charge in [0.25, 0.3) is 0 Å². The van der Waals surface area contributed by atoms with Crippen molar-refractivity contribution in [1.82, 2.24) is 0 Å². The molecule has 7 heteroatoms. The van der Waals surface area contributed by atoms with Crippen LogP contribution in [0.2, 0.25) is 0 Å². The first-order chi connectivity index (χ1) is 17.8. The second-order valence-corrected chi connectivity index (χ2v) is 7.57. The molecule has 0 radical (unpaired) electrons. The topological polar surface area (TPSA) is 81.8 Å². The minimum Gasteiger partial charge on any atom is -0.391 e. The van der Waals surface area contributed by atoms with E-state index >= 15 is 0 Å². The Bertz CT molecular complexity index is 1320. The van der Waals surface area contributed by atoms with Crippen LogP contribution in [0.15, 0.2) is 119 Å². The largest absolute Gasteiger partial charge is 0.391 e. The van der Waals surface area contributed by atoms with Crippen molar-refractivity contribution in [3.63, 3.8) is 0 Å². The van der Waals surface area contributed by atoms with Gasteiger partial charge in [0.1, 0.15) is 12.9 Å². The number of nitrogens with zero attached hydrogens (tertiary/aromatic N) is 3. The van der Waals surface area contributed by atoms with Gasteiger partial charge in [0.2, 0.25) is 0 Å². The first-order valence-corrected chi connectivity index (χ1v) is 11.1. The summed E-state index contributed by atoms with van der Waals surface area (Å²) in [4.78, 5) is 26.8. The molecule has 178 valence electrons. The molecule has 4 rings (SSSR count). The Hall–Kier alpha value is -5.04. The van der Waals surface area contributed by atoms with Crippen molar-refractivity contribution in [3.8, 4) is 11.5 Å². The highest BCUT2D eigenvalue weighted by Gasteiger charge is 1.97. The molecule has 0 heterocycles. The van der Waals surface area contributed by atoms with Crippen molar-refractivity contribution in [2.24, 2.45) is 15.5 Å². The van der Waals surface area contributed by atoms with Crippen LogP contribution in [0, 0.1) is 0 Å². The number of aldehydes is 1. The van der Waals surface area contributed by atoms with E-state index in [1.807, 2.05) is 54.6 Å². The molecule has 0 saturated heterocycles. The fourth-order valence-electron chi connectivity index (χ4n) is 2.97. The Kier molecular flexibility index (Phi) is 8.70. The van der Waals surface area contributed by atoms with Gasteiger partial charge in [-0.15, -0.1) is 0 Å². The molecule has 4 aromatic carbocycles. The maximum Gasteiger partial charge on any atom is 0.158 e. The number of rotatable bonds is 11. The molecule has 0 N–H and O–H groups in total. The van der Waals surface area contributed by atoms with Crippen LogP contribution in [0.5, 0.6) is 11.5 Å². The van der Waals surface area contributed by atoms with Gasteiger partial charge in [0, 0.05) is 5.56 Å². The Morgan fingerprint density at radius 2 is 0.972 bits per heavy atom. The van der Waals surface area contributed by atoms with E-state index < -0.39 is 0 Å². The summed E-state index contributed by atoms with van der Waals surface area (Å²) in [5, 5.41) is 12.0. The Labute approximate surface area is 208 Å². The number of carbonyl (C=O) groups excluding carboxylic acids is 1. The highest BCUT2D eigenvalue weighted by molar-refractivity contribution is 5.82. The van der Waals surface area contributed by atoms with Crippen molar-refractivity contribution in [1.29, 1.82) is 0 Å². The fourth-order valence-corrected chi connectivity index (χ4v) is 2.97. The van der Waals surface area contributed by atoms with Gasteiger partial charge in [-0.1, -0.05) is 70.1 Å². The summed E-state index contributed by atoms with van der Waals surface area (Å²) in [6.45, 7) is 0.422. The quantitative estimate of drug-likeness (QED) is 0.154. The molecule has 0 unspecified atom stereocenters. The summed E-state index contributed by atoms with van der Waals surface area (Å²) >= 11 is 0. The third kappa shape index (κ3) is 7.78. The minimum atomic E-state index is 0.422. The number of oxime groups is 3. The fraction of sp³-hybridized carbons (Fsp3) is 0.0345.